The highest BCUT2D eigenvalue weighted by molar-refractivity contribution is 5.82. The molecule has 0 bridgehead atoms. The zero-order valence-electron chi connectivity index (χ0n) is 11.3. The average molecular weight is 266 g/mol. The molecule has 0 spiro atoms. The van der Waals surface area contributed by atoms with Gasteiger partial charge < -0.3 is 5.43 Å². The van der Waals surface area contributed by atoms with E-state index in [1.54, 1.807) is 0 Å². The fourth-order valence-electron chi connectivity index (χ4n) is 2.28. The number of hydrazone groups is 1. The number of hydrogen-bond acceptors (Lipinski definition) is 4. The topological polar surface area (TPSA) is 48.5 Å². The maximum atomic E-state index is 3.94. The van der Waals surface area contributed by atoms with E-state index < -0.39 is 0 Å². The molecule has 0 aromatic heterocycles. The second kappa shape index (κ2) is 6.32. The van der Waals surface area contributed by atoms with Crippen LogP contribution in [0.5, 0.6) is 0 Å². The molecule has 0 radical (unpaired) electrons. The summed E-state index contributed by atoms with van der Waals surface area (Å²) in [5, 5.41) is 3.94. The van der Waals surface area contributed by atoms with Gasteiger partial charge in [0.25, 0.3) is 0 Å². The molecule has 0 amide bonds. The summed E-state index contributed by atoms with van der Waals surface area (Å²) < 4.78 is 0. The molecule has 0 unspecified atom stereocenters. The van der Waals surface area contributed by atoms with Crippen molar-refractivity contribution in [3.05, 3.63) is 70.8 Å². The third-order valence-electron chi connectivity index (χ3n) is 3.42. The Hall–Kier alpha value is -2.17. The molecular weight excluding hydrogens is 248 g/mol. The molecule has 0 fully saturated rings. The lowest BCUT2D eigenvalue weighted by Gasteiger charge is -2.17. The van der Waals surface area contributed by atoms with E-state index in [0.29, 0.717) is 0 Å². The zero-order valence-corrected chi connectivity index (χ0v) is 11.3. The molecule has 3 N–H and O–H groups in total. The minimum atomic E-state index is 0.854. The van der Waals surface area contributed by atoms with Crippen molar-refractivity contribution in [3.8, 4) is 0 Å². The third kappa shape index (κ3) is 3.04. The molecule has 4 nitrogen and oxygen atoms in total. The quantitative estimate of drug-likeness (QED) is 0.683. The van der Waals surface area contributed by atoms with Crippen molar-refractivity contribution in [2.75, 3.05) is 0 Å². The lowest BCUT2D eigenvalue weighted by molar-refractivity contribution is 0.496. The lowest BCUT2D eigenvalue weighted by atomic mass is 10.1. The van der Waals surface area contributed by atoms with Crippen molar-refractivity contribution < 1.29 is 0 Å². The highest BCUT2D eigenvalue weighted by atomic mass is 15.4. The Balaban J connectivity index is 0.000000121. The van der Waals surface area contributed by atoms with Crippen molar-refractivity contribution in [1.82, 2.24) is 16.3 Å². The molecule has 4 heteroatoms. The summed E-state index contributed by atoms with van der Waals surface area (Å²) in [6.45, 7) is 2.74. The molecule has 0 saturated carbocycles. The van der Waals surface area contributed by atoms with Crippen LogP contribution in [0.1, 0.15) is 22.3 Å². The molecule has 0 saturated heterocycles. The van der Waals surface area contributed by atoms with Crippen LogP contribution < -0.4 is 16.3 Å². The number of hydrazine groups is 1. The van der Waals surface area contributed by atoms with Crippen molar-refractivity contribution in [3.63, 3.8) is 0 Å². The van der Waals surface area contributed by atoms with Crippen molar-refractivity contribution in [1.29, 1.82) is 0 Å². The molecule has 102 valence electrons. The van der Waals surface area contributed by atoms with E-state index in [1.165, 1.54) is 22.3 Å². The molecule has 20 heavy (non-hydrogen) atoms. The van der Waals surface area contributed by atoms with Gasteiger partial charge in [0.05, 0.1) is 12.8 Å². The van der Waals surface area contributed by atoms with Gasteiger partial charge in [0.15, 0.2) is 0 Å². The van der Waals surface area contributed by atoms with Gasteiger partial charge in [-0.3, -0.25) is 10.9 Å². The van der Waals surface area contributed by atoms with Crippen LogP contribution in [0, 0.1) is 0 Å². The summed E-state index contributed by atoms with van der Waals surface area (Å²) in [7, 11) is 0. The van der Waals surface area contributed by atoms with E-state index >= 15 is 0 Å². The van der Waals surface area contributed by atoms with Crippen LogP contribution in [0.15, 0.2) is 53.6 Å². The van der Waals surface area contributed by atoms with Crippen LogP contribution in [-0.4, -0.2) is 6.21 Å². The average Bonchev–Trinajstić information content (AvgIpc) is 2.56. The van der Waals surface area contributed by atoms with Crippen molar-refractivity contribution in [2.45, 2.75) is 19.6 Å². The summed E-state index contributed by atoms with van der Waals surface area (Å²) in [5.41, 5.74) is 14.4. The Labute approximate surface area is 118 Å². The van der Waals surface area contributed by atoms with Gasteiger partial charge in [-0.15, -0.1) is 0 Å². The molecule has 2 aromatic rings. The van der Waals surface area contributed by atoms with E-state index in [2.05, 4.69) is 57.8 Å². The van der Waals surface area contributed by atoms with Crippen LogP contribution in [0.25, 0.3) is 0 Å². The Morgan fingerprint density at radius 3 is 1.95 bits per heavy atom. The first kappa shape index (κ1) is 12.8. The monoisotopic (exact) mass is 266 g/mol. The first-order valence-electron chi connectivity index (χ1n) is 6.80. The summed E-state index contributed by atoms with van der Waals surface area (Å²) in [6, 6.07) is 16.7. The van der Waals surface area contributed by atoms with E-state index in [1.807, 2.05) is 18.3 Å². The Morgan fingerprint density at radius 1 is 0.700 bits per heavy atom. The van der Waals surface area contributed by atoms with Gasteiger partial charge in [-0.05, 0) is 22.3 Å². The predicted molar refractivity (Wildman–Crippen MR) is 81.0 cm³/mol. The first-order valence-corrected chi connectivity index (χ1v) is 6.80. The molecule has 0 atom stereocenters. The maximum Gasteiger partial charge on any atom is 0.0586 e. The van der Waals surface area contributed by atoms with E-state index in [0.717, 1.165) is 19.6 Å². The second-order valence-corrected chi connectivity index (χ2v) is 4.77. The summed E-state index contributed by atoms with van der Waals surface area (Å²) in [4.78, 5) is 0. The SMILES string of the molecule is C1=NNCc2ccccc21.c1ccc2c(c1)CNNC2. The van der Waals surface area contributed by atoms with Gasteiger partial charge >= 0.3 is 0 Å². The molecule has 2 heterocycles. The lowest BCUT2D eigenvalue weighted by Crippen LogP contribution is -2.35. The fourth-order valence-corrected chi connectivity index (χ4v) is 2.28. The molecule has 2 aromatic carbocycles. The largest absolute Gasteiger partial charge is 0.306 e. The smallest absolute Gasteiger partial charge is 0.0586 e. The molecule has 2 aliphatic heterocycles. The Bertz CT molecular complexity index is 582. The molecule has 2 aliphatic rings. The van der Waals surface area contributed by atoms with Crippen molar-refractivity contribution in [2.24, 2.45) is 5.10 Å². The van der Waals surface area contributed by atoms with E-state index in [9.17, 15) is 0 Å². The fraction of sp³-hybridized carbons (Fsp3) is 0.188. The van der Waals surface area contributed by atoms with Crippen LogP contribution in [0.3, 0.4) is 0 Å². The molecule has 0 aliphatic carbocycles. The number of rotatable bonds is 0. The highest BCUT2D eigenvalue weighted by Crippen LogP contribution is 2.10. The van der Waals surface area contributed by atoms with Gasteiger partial charge in [0, 0.05) is 13.1 Å². The zero-order chi connectivity index (χ0) is 13.6. The molecular formula is C16H18N4. The van der Waals surface area contributed by atoms with Crippen LogP contribution in [0.4, 0.5) is 0 Å². The van der Waals surface area contributed by atoms with Gasteiger partial charge in [-0.1, -0.05) is 48.5 Å². The number of nitrogens with zero attached hydrogens (tertiary/aromatic N) is 1. The normalized spacial score (nSPS) is 15.2. The van der Waals surface area contributed by atoms with Gasteiger partial charge in [0.1, 0.15) is 0 Å². The summed E-state index contributed by atoms with van der Waals surface area (Å²) in [5.74, 6) is 0. The summed E-state index contributed by atoms with van der Waals surface area (Å²) >= 11 is 0. The van der Waals surface area contributed by atoms with Gasteiger partial charge in [0.2, 0.25) is 0 Å². The number of nitrogens with one attached hydrogen (secondary N) is 3. The number of hydrogen-bond donors (Lipinski definition) is 3. The van der Waals surface area contributed by atoms with Crippen LogP contribution in [-0.2, 0) is 19.6 Å². The minimum Gasteiger partial charge on any atom is -0.306 e. The number of benzene rings is 2. The Kier molecular flexibility index (Phi) is 4.06. The second-order valence-electron chi connectivity index (χ2n) is 4.77. The molecule has 4 rings (SSSR count). The van der Waals surface area contributed by atoms with E-state index in [-0.39, 0.29) is 0 Å². The van der Waals surface area contributed by atoms with Crippen LogP contribution >= 0.6 is 0 Å². The van der Waals surface area contributed by atoms with Gasteiger partial charge in [-0.25, -0.2) is 0 Å². The van der Waals surface area contributed by atoms with Gasteiger partial charge in [-0.2, -0.15) is 5.10 Å². The number of fused-ring (bicyclic) bond motifs is 2. The standard InChI is InChI=1S/C8H10N2.C8H8N2/c2*1-2-4-8-6-10-9-5-7(8)3-1/h1-4,9-10H,5-6H2;1-5,10H,6H2. The Morgan fingerprint density at radius 2 is 1.30 bits per heavy atom. The van der Waals surface area contributed by atoms with Crippen LogP contribution in [0.2, 0.25) is 0 Å². The van der Waals surface area contributed by atoms with Crippen molar-refractivity contribution >= 4 is 6.21 Å². The minimum absolute atomic E-state index is 0.854. The maximum absolute atomic E-state index is 3.94. The van der Waals surface area contributed by atoms with E-state index in [4.69, 9.17) is 0 Å². The highest BCUT2D eigenvalue weighted by Gasteiger charge is 2.04. The predicted octanol–water partition coefficient (Wildman–Crippen LogP) is 1.92. The first-order chi connectivity index (χ1) is 9.93. The third-order valence-corrected chi connectivity index (χ3v) is 3.42. The summed E-state index contributed by atoms with van der Waals surface area (Å²) in [6.07, 6.45) is 1.85.